The molecule has 0 heterocycles. The zero-order valence-corrected chi connectivity index (χ0v) is 10.8. The van der Waals surface area contributed by atoms with Crippen LogP contribution in [0.3, 0.4) is 0 Å². The van der Waals surface area contributed by atoms with Crippen molar-refractivity contribution in [3.8, 4) is 5.75 Å². The van der Waals surface area contributed by atoms with Crippen molar-refractivity contribution in [1.82, 2.24) is 0 Å². The topological polar surface area (TPSA) is 35.2 Å². The highest BCUT2D eigenvalue weighted by molar-refractivity contribution is 5.41. The van der Waals surface area contributed by atoms with E-state index in [1.54, 1.807) is 0 Å². The highest BCUT2D eigenvalue weighted by Crippen LogP contribution is 2.32. The van der Waals surface area contributed by atoms with Gasteiger partial charge in [0.25, 0.3) is 0 Å². The molecule has 0 radical (unpaired) electrons. The number of hydrogen-bond acceptors (Lipinski definition) is 2. The minimum absolute atomic E-state index is 0.115. The maximum absolute atomic E-state index is 5.78. The summed E-state index contributed by atoms with van der Waals surface area (Å²) in [7, 11) is 0. The zero-order valence-electron chi connectivity index (χ0n) is 10.8. The van der Waals surface area contributed by atoms with Gasteiger partial charge in [0.15, 0.2) is 0 Å². The predicted molar refractivity (Wildman–Crippen MR) is 69.0 cm³/mol. The fourth-order valence-electron chi connectivity index (χ4n) is 1.62. The molecule has 2 nitrogen and oxygen atoms in total. The van der Waals surface area contributed by atoms with E-state index in [9.17, 15) is 0 Å². The second kappa shape index (κ2) is 5.35. The van der Waals surface area contributed by atoms with E-state index in [4.69, 9.17) is 10.5 Å². The van der Waals surface area contributed by atoms with Gasteiger partial charge in [-0.15, -0.1) is 0 Å². The Morgan fingerprint density at radius 2 is 1.94 bits per heavy atom. The first-order valence-electron chi connectivity index (χ1n) is 5.89. The van der Waals surface area contributed by atoms with Gasteiger partial charge in [-0.2, -0.15) is 0 Å². The summed E-state index contributed by atoms with van der Waals surface area (Å²) < 4.78 is 5.78. The van der Waals surface area contributed by atoms with E-state index in [1.807, 2.05) is 0 Å². The van der Waals surface area contributed by atoms with E-state index in [0.717, 1.165) is 12.2 Å². The van der Waals surface area contributed by atoms with Crippen LogP contribution in [0.25, 0.3) is 0 Å². The van der Waals surface area contributed by atoms with Crippen molar-refractivity contribution in [2.24, 2.45) is 5.73 Å². The monoisotopic (exact) mass is 221 g/mol. The highest BCUT2D eigenvalue weighted by Gasteiger charge is 2.18. The van der Waals surface area contributed by atoms with E-state index in [1.165, 1.54) is 11.1 Å². The van der Waals surface area contributed by atoms with E-state index in [-0.39, 0.29) is 5.41 Å². The van der Waals surface area contributed by atoms with Crippen molar-refractivity contribution in [2.75, 3.05) is 13.2 Å². The third kappa shape index (κ3) is 3.53. The Morgan fingerprint density at radius 1 is 1.25 bits per heavy atom. The molecule has 1 aromatic rings. The van der Waals surface area contributed by atoms with Crippen LogP contribution >= 0.6 is 0 Å². The Bertz CT molecular complexity index is 339. The standard InChI is InChI=1S/C14H23NO/c1-11-6-7-13(16-9-5-8-15)12(10-11)14(2,3)4/h6-7,10H,5,8-9,15H2,1-4H3. The first-order valence-corrected chi connectivity index (χ1v) is 5.89. The normalized spacial score (nSPS) is 11.6. The van der Waals surface area contributed by atoms with Crippen LogP contribution < -0.4 is 10.5 Å². The van der Waals surface area contributed by atoms with E-state index in [2.05, 4.69) is 45.9 Å². The third-order valence-corrected chi connectivity index (χ3v) is 2.55. The van der Waals surface area contributed by atoms with Crippen LogP contribution in [0.4, 0.5) is 0 Å². The van der Waals surface area contributed by atoms with Gasteiger partial charge in [0.2, 0.25) is 0 Å². The molecule has 0 fully saturated rings. The molecule has 0 amide bonds. The van der Waals surface area contributed by atoms with Crippen LogP contribution in [0.15, 0.2) is 18.2 Å². The Kier molecular flexibility index (Phi) is 4.36. The molecule has 0 bridgehead atoms. The molecule has 1 aromatic carbocycles. The largest absolute Gasteiger partial charge is 0.493 e. The lowest BCUT2D eigenvalue weighted by Crippen LogP contribution is -2.15. The van der Waals surface area contributed by atoms with Crippen LogP contribution in [0.5, 0.6) is 5.75 Å². The number of nitrogens with two attached hydrogens (primary N) is 1. The molecule has 0 aliphatic heterocycles. The van der Waals surface area contributed by atoms with Gasteiger partial charge in [-0.25, -0.2) is 0 Å². The SMILES string of the molecule is Cc1ccc(OCCCN)c(C(C)(C)C)c1. The molecule has 1 rings (SSSR count). The van der Waals surface area contributed by atoms with Crippen molar-refractivity contribution < 1.29 is 4.74 Å². The van der Waals surface area contributed by atoms with Crippen LogP contribution in [-0.4, -0.2) is 13.2 Å². The maximum Gasteiger partial charge on any atom is 0.123 e. The minimum Gasteiger partial charge on any atom is -0.493 e. The average Bonchev–Trinajstić information content (AvgIpc) is 2.19. The lowest BCUT2D eigenvalue weighted by molar-refractivity contribution is 0.305. The second-order valence-corrected chi connectivity index (χ2v) is 5.24. The van der Waals surface area contributed by atoms with Gasteiger partial charge < -0.3 is 10.5 Å². The Morgan fingerprint density at radius 3 is 2.50 bits per heavy atom. The van der Waals surface area contributed by atoms with Gasteiger partial charge in [-0.05, 0) is 36.9 Å². The van der Waals surface area contributed by atoms with Crippen LogP contribution in [0.1, 0.15) is 38.3 Å². The molecule has 0 aromatic heterocycles. The Hall–Kier alpha value is -1.02. The molecule has 0 spiro atoms. The summed E-state index contributed by atoms with van der Waals surface area (Å²) in [5, 5.41) is 0. The van der Waals surface area contributed by atoms with Crippen molar-refractivity contribution in [1.29, 1.82) is 0 Å². The van der Waals surface area contributed by atoms with Crippen molar-refractivity contribution in [3.63, 3.8) is 0 Å². The van der Waals surface area contributed by atoms with Crippen molar-refractivity contribution in [3.05, 3.63) is 29.3 Å². The summed E-state index contributed by atoms with van der Waals surface area (Å²) in [5.41, 5.74) is 8.12. The van der Waals surface area contributed by atoms with Gasteiger partial charge in [0.05, 0.1) is 6.61 Å². The summed E-state index contributed by atoms with van der Waals surface area (Å²) in [4.78, 5) is 0. The zero-order chi connectivity index (χ0) is 12.2. The van der Waals surface area contributed by atoms with E-state index >= 15 is 0 Å². The third-order valence-electron chi connectivity index (χ3n) is 2.55. The van der Waals surface area contributed by atoms with Gasteiger partial charge in [-0.1, -0.05) is 38.5 Å². The number of rotatable bonds is 4. The van der Waals surface area contributed by atoms with Crippen LogP contribution in [0.2, 0.25) is 0 Å². The summed E-state index contributed by atoms with van der Waals surface area (Å²) in [6, 6.07) is 6.36. The first kappa shape index (κ1) is 13.0. The minimum atomic E-state index is 0.115. The van der Waals surface area contributed by atoms with Crippen LogP contribution in [0, 0.1) is 6.92 Å². The molecular weight excluding hydrogens is 198 g/mol. The number of ether oxygens (including phenoxy) is 1. The average molecular weight is 221 g/mol. The summed E-state index contributed by atoms with van der Waals surface area (Å²) in [6.07, 6.45) is 0.900. The molecule has 16 heavy (non-hydrogen) atoms. The quantitative estimate of drug-likeness (QED) is 0.793. The maximum atomic E-state index is 5.78. The number of benzene rings is 1. The smallest absolute Gasteiger partial charge is 0.123 e. The second-order valence-electron chi connectivity index (χ2n) is 5.24. The van der Waals surface area contributed by atoms with Crippen molar-refractivity contribution in [2.45, 2.75) is 39.5 Å². The number of aryl methyl sites for hydroxylation is 1. The van der Waals surface area contributed by atoms with E-state index < -0.39 is 0 Å². The van der Waals surface area contributed by atoms with Gasteiger partial charge in [0, 0.05) is 0 Å². The molecule has 90 valence electrons. The van der Waals surface area contributed by atoms with Crippen LogP contribution in [-0.2, 0) is 5.41 Å². The highest BCUT2D eigenvalue weighted by atomic mass is 16.5. The molecule has 2 heteroatoms. The fourth-order valence-corrected chi connectivity index (χ4v) is 1.62. The van der Waals surface area contributed by atoms with E-state index in [0.29, 0.717) is 13.2 Å². The van der Waals surface area contributed by atoms with Gasteiger partial charge in [0.1, 0.15) is 5.75 Å². The Labute approximate surface area is 98.8 Å². The molecular formula is C14H23NO. The lowest BCUT2D eigenvalue weighted by atomic mass is 9.85. The molecule has 0 unspecified atom stereocenters. The first-order chi connectivity index (χ1) is 7.45. The van der Waals surface area contributed by atoms with Crippen molar-refractivity contribution >= 4 is 0 Å². The molecule has 0 saturated carbocycles. The fraction of sp³-hybridized carbons (Fsp3) is 0.571. The molecule has 0 saturated heterocycles. The van der Waals surface area contributed by atoms with Gasteiger partial charge in [-0.3, -0.25) is 0 Å². The van der Waals surface area contributed by atoms with Gasteiger partial charge >= 0.3 is 0 Å². The molecule has 2 N–H and O–H groups in total. The molecule has 0 aliphatic rings. The lowest BCUT2D eigenvalue weighted by Gasteiger charge is -2.23. The summed E-state index contributed by atoms with van der Waals surface area (Å²) in [5.74, 6) is 0.992. The molecule has 0 aliphatic carbocycles. The summed E-state index contributed by atoms with van der Waals surface area (Å²) in [6.45, 7) is 10.1. The predicted octanol–water partition coefficient (Wildman–Crippen LogP) is 3.02. The Balaban J connectivity index is 2.90. The summed E-state index contributed by atoms with van der Waals surface area (Å²) >= 11 is 0. The molecule has 0 atom stereocenters. The number of hydrogen-bond donors (Lipinski definition) is 1.